The summed E-state index contributed by atoms with van der Waals surface area (Å²) in [5.41, 5.74) is 0. The van der Waals surface area contributed by atoms with Crippen molar-refractivity contribution in [3.63, 3.8) is 0 Å². The molecule has 14 heavy (non-hydrogen) atoms. The Morgan fingerprint density at radius 3 is 2.43 bits per heavy atom. The zero-order valence-corrected chi connectivity index (χ0v) is 9.88. The van der Waals surface area contributed by atoms with Gasteiger partial charge in [0.1, 0.15) is 0 Å². The van der Waals surface area contributed by atoms with E-state index in [0.717, 1.165) is 18.9 Å². The molecule has 2 heteroatoms. The van der Waals surface area contributed by atoms with Gasteiger partial charge in [-0.05, 0) is 38.1 Å². The molecule has 0 heterocycles. The molecular weight excluding hydrogens is 174 g/mol. The first-order valence-corrected chi connectivity index (χ1v) is 6.09. The fourth-order valence-electron chi connectivity index (χ4n) is 2.28. The number of hydrogen-bond donors (Lipinski definition) is 1. The number of ether oxygens (including phenoxy) is 1. The third kappa shape index (κ3) is 2.96. The Hall–Kier alpha value is -0.0800. The van der Waals surface area contributed by atoms with Crippen molar-refractivity contribution >= 4 is 0 Å². The molecule has 2 nitrogen and oxygen atoms in total. The third-order valence-electron chi connectivity index (χ3n) is 3.39. The molecule has 0 aliphatic heterocycles. The Morgan fingerprint density at radius 1 is 1.36 bits per heavy atom. The average molecular weight is 199 g/mol. The number of hydrogen-bond acceptors (Lipinski definition) is 2. The number of methoxy groups -OCH3 is 1. The van der Waals surface area contributed by atoms with E-state index in [1.807, 2.05) is 7.11 Å². The van der Waals surface area contributed by atoms with Crippen molar-refractivity contribution in [2.75, 3.05) is 13.7 Å². The van der Waals surface area contributed by atoms with Crippen molar-refractivity contribution in [3.8, 4) is 0 Å². The number of nitrogens with one attached hydrogen (secondary N) is 1. The Labute approximate surface area is 88.4 Å². The summed E-state index contributed by atoms with van der Waals surface area (Å²) in [4.78, 5) is 0. The van der Waals surface area contributed by atoms with Gasteiger partial charge in [-0.25, -0.2) is 0 Å². The summed E-state index contributed by atoms with van der Waals surface area (Å²) in [5, 5.41) is 3.65. The van der Waals surface area contributed by atoms with Gasteiger partial charge in [-0.15, -0.1) is 0 Å². The molecule has 0 saturated heterocycles. The molecule has 1 aliphatic rings. The second-order valence-corrected chi connectivity index (χ2v) is 4.35. The molecule has 1 rings (SSSR count). The standard InChI is InChI=1S/C12H25NO/c1-4-9-13-12(10-7-6-8-10)11(5-2)14-3/h10-13H,4-9H2,1-3H3. The lowest BCUT2D eigenvalue weighted by molar-refractivity contribution is 0.0276. The lowest BCUT2D eigenvalue weighted by Crippen LogP contribution is -2.48. The van der Waals surface area contributed by atoms with Crippen LogP contribution < -0.4 is 5.32 Å². The van der Waals surface area contributed by atoms with Gasteiger partial charge in [0.2, 0.25) is 0 Å². The Balaban J connectivity index is 2.41. The molecule has 0 aromatic carbocycles. The molecule has 2 atom stereocenters. The minimum Gasteiger partial charge on any atom is -0.380 e. The van der Waals surface area contributed by atoms with Crippen LogP contribution in [0.5, 0.6) is 0 Å². The van der Waals surface area contributed by atoms with Crippen molar-refractivity contribution in [1.29, 1.82) is 0 Å². The smallest absolute Gasteiger partial charge is 0.0724 e. The quantitative estimate of drug-likeness (QED) is 0.680. The second kappa shape index (κ2) is 6.41. The van der Waals surface area contributed by atoms with Crippen LogP contribution in [-0.4, -0.2) is 25.8 Å². The van der Waals surface area contributed by atoms with E-state index in [1.54, 1.807) is 0 Å². The zero-order valence-electron chi connectivity index (χ0n) is 9.88. The van der Waals surface area contributed by atoms with Crippen LogP contribution in [0.3, 0.4) is 0 Å². The lowest BCUT2D eigenvalue weighted by atomic mass is 9.77. The maximum Gasteiger partial charge on any atom is 0.0724 e. The normalized spacial score (nSPS) is 21.6. The molecule has 1 aliphatic carbocycles. The fraction of sp³-hybridized carbons (Fsp3) is 1.00. The van der Waals surface area contributed by atoms with Gasteiger partial charge in [0.05, 0.1) is 6.10 Å². The Bertz CT molecular complexity index is 141. The van der Waals surface area contributed by atoms with E-state index in [-0.39, 0.29) is 0 Å². The van der Waals surface area contributed by atoms with Crippen molar-refractivity contribution < 1.29 is 4.74 Å². The van der Waals surface area contributed by atoms with Crippen LogP contribution in [0.2, 0.25) is 0 Å². The van der Waals surface area contributed by atoms with Gasteiger partial charge >= 0.3 is 0 Å². The molecule has 1 fully saturated rings. The van der Waals surface area contributed by atoms with Crippen molar-refractivity contribution in [1.82, 2.24) is 5.32 Å². The largest absolute Gasteiger partial charge is 0.380 e. The minimum absolute atomic E-state index is 0.409. The summed E-state index contributed by atoms with van der Waals surface area (Å²) in [5.74, 6) is 0.867. The predicted molar refractivity (Wildman–Crippen MR) is 60.5 cm³/mol. The van der Waals surface area contributed by atoms with Crippen LogP contribution in [0, 0.1) is 5.92 Å². The maximum absolute atomic E-state index is 5.55. The molecule has 84 valence electrons. The SMILES string of the molecule is CCCNC(C1CCC1)C(CC)OC. The van der Waals surface area contributed by atoms with Gasteiger partial charge in [0.25, 0.3) is 0 Å². The maximum atomic E-state index is 5.55. The van der Waals surface area contributed by atoms with E-state index < -0.39 is 0 Å². The van der Waals surface area contributed by atoms with Gasteiger partial charge in [0, 0.05) is 13.2 Å². The van der Waals surface area contributed by atoms with E-state index >= 15 is 0 Å². The molecular formula is C12H25NO. The van der Waals surface area contributed by atoms with E-state index in [1.165, 1.54) is 25.7 Å². The summed E-state index contributed by atoms with van der Waals surface area (Å²) >= 11 is 0. The van der Waals surface area contributed by atoms with E-state index in [2.05, 4.69) is 19.2 Å². The fourth-order valence-corrected chi connectivity index (χ4v) is 2.28. The summed E-state index contributed by atoms with van der Waals surface area (Å²) in [6.07, 6.45) is 6.93. The van der Waals surface area contributed by atoms with Crippen LogP contribution >= 0.6 is 0 Å². The highest BCUT2D eigenvalue weighted by molar-refractivity contribution is 4.87. The van der Waals surface area contributed by atoms with Gasteiger partial charge < -0.3 is 10.1 Å². The summed E-state index contributed by atoms with van der Waals surface area (Å²) in [6, 6.07) is 0.596. The van der Waals surface area contributed by atoms with Gasteiger partial charge in [-0.2, -0.15) is 0 Å². The van der Waals surface area contributed by atoms with Crippen LogP contribution in [0.25, 0.3) is 0 Å². The second-order valence-electron chi connectivity index (χ2n) is 4.35. The molecule has 0 radical (unpaired) electrons. The highest BCUT2D eigenvalue weighted by Gasteiger charge is 2.31. The van der Waals surface area contributed by atoms with Crippen LogP contribution in [0.1, 0.15) is 46.0 Å². The van der Waals surface area contributed by atoms with Crippen molar-refractivity contribution in [2.24, 2.45) is 5.92 Å². The number of rotatable bonds is 7. The first-order valence-electron chi connectivity index (χ1n) is 6.09. The highest BCUT2D eigenvalue weighted by atomic mass is 16.5. The zero-order chi connectivity index (χ0) is 10.4. The molecule has 2 unspecified atom stereocenters. The molecule has 0 spiro atoms. The first kappa shape index (κ1) is 12.0. The van der Waals surface area contributed by atoms with Crippen molar-refractivity contribution in [3.05, 3.63) is 0 Å². The predicted octanol–water partition coefficient (Wildman–Crippen LogP) is 2.58. The monoisotopic (exact) mass is 199 g/mol. The Kier molecular flexibility index (Phi) is 5.49. The topological polar surface area (TPSA) is 21.3 Å². The minimum atomic E-state index is 0.409. The molecule has 0 aromatic heterocycles. The van der Waals surface area contributed by atoms with Crippen LogP contribution in [0.15, 0.2) is 0 Å². The first-order chi connectivity index (χ1) is 6.83. The summed E-state index contributed by atoms with van der Waals surface area (Å²) in [6.45, 7) is 5.56. The molecule has 0 aromatic rings. The van der Waals surface area contributed by atoms with E-state index in [9.17, 15) is 0 Å². The summed E-state index contributed by atoms with van der Waals surface area (Å²) < 4.78 is 5.55. The molecule has 0 amide bonds. The third-order valence-corrected chi connectivity index (χ3v) is 3.39. The van der Waals surface area contributed by atoms with Gasteiger partial charge in [-0.3, -0.25) is 0 Å². The molecule has 1 N–H and O–H groups in total. The average Bonchev–Trinajstić information content (AvgIpc) is 2.12. The lowest BCUT2D eigenvalue weighted by Gasteiger charge is -2.38. The molecule has 0 bridgehead atoms. The summed E-state index contributed by atoms with van der Waals surface area (Å²) in [7, 11) is 1.84. The highest BCUT2D eigenvalue weighted by Crippen LogP contribution is 2.32. The van der Waals surface area contributed by atoms with Crippen molar-refractivity contribution in [2.45, 2.75) is 58.1 Å². The van der Waals surface area contributed by atoms with Gasteiger partial charge in [-0.1, -0.05) is 20.3 Å². The van der Waals surface area contributed by atoms with E-state index in [4.69, 9.17) is 4.74 Å². The Morgan fingerprint density at radius 2 is 2.07 bits per heavy atom. The van der Waals surface area contributed by atoms with Gasteiger partial charge in [0.15, 0.2) is 0 Å². The molecule has 1 saturated carbocycles. The van der Waals surface area contributed by atoms with E-state index in [0.29, 0.717) is 12.1 Å². The van der Waals surface area contributed by atoms with Crippen LogP contribution in [-0.2, 0) is 4.74 Å². The van der Waals surface area contributed by atoms with Crippen LogP contribution in [0.4, 0.5) is 0 Å².